The maximum Gasteiger partial charge on any atom is 0.416 e. The molecular formula is C18H19F3N2O2S. The van der Waals surface area contributed by atoms with Gasteiger partial charge in [0, 0.05) is 32.7 Å². The van der Waals surface area contributed by atoms with Gasteiger partial charge >= 0.3 is 6.18 Å². The van der Waals surface area contributed by atoms with E-state index in [-0.39, 0.29) is 18.0 Å². The van der Waals surface area contributed by atoms with Crippen molar-refractivity contribution in [2.75, 3.05) is 26.2 Å². The van der Waals surface area contributed by atoms with Gasteiger partial charge in [0.2, 0.25) is 10.0 Å². The monoisotopic (exact) mass is 384 g/mol. The Bertz CT molecular complexity index is 846. The Hall–Kier alpha value is -1.90. The van der Waals surface area contributed by atoms with E-state index in [1.165, 1.54) is 10.4 Å². The van der Waals surface area contributed by atoms with Crippen LogP contribution in [0.3, 0.4) is 0 Å². The van der Waals surface area contributed by atoms with Crippen molar-refractivity contribution in [1.29, 1.82) is 0 Å². The fourth-order valence-corrected chi connectivity index (χ4v) is 4.42. The molecule has 3 rings (SSSR count). The summed E-state index contributed by atoms with van der Waals surface area (Å²) < 4.78 is 65.1. The van der Waals surface area contributed by atoms with Crippen LogP contribution >= 0.6 is 0 Å². The summed E-state index contributed by atoms with van der Waals surface area (Å²) in [7, 11) is -3.93. The number of hydrogen-bond acceptors (Lipinski definition) is 3. The van der Waals surface area contributed by atoms with E-state index in [2.05, 4.69) is 4.90 Å². The van der Waals surface area contributed by atoms with E-state index in [9.17, 15) is 21.6 Å². The van der Waals surface area contributed by atoms with Gasteiger partial charge in [0.15, 0.2) is 0 Å². The Labute approximate surface area is 150 Å². The molecule has 0 saturated carbocycles. The molecule has 1 saturated heterocycles. The summed E-state index contributed by atoms with van der Waals surface area (Å²) in [5.74, 6) is 0. The maximum atomic E-state index is 12.8. The summed E-state index contributed by atoms with van der Waals surface area (Å²) in [6, 6.07) is 13.7. The van der Waals surface area contributed by atoms with Crippen LogP contribution in [-0.2, 0) is 22.7 Å². The summed E-state index contributed by atoms with van der Waals surface area (Å²) in [5.41, 5.74) is 0.183. The lowest BCUT2D eigenvalue weighted by Gasteiger charge is -2.34. The van der Waals surface area contributed by atoms with E-state index >= 15 is 0 Å². The zero-order chi connectivity index (χ0) is 18.8. The second kappa shape index (κ2) is 7.38. The molecule has 1 aliphatic heterocycles. The van der Waals surface area contributed by atoms with Gasteiger partial charge < -0.3 is 0 Å². The predicted octanol–water partition coefficient (Wildman–Crippen LogP) is 3.21. The lowest BCUT2D eigenvalue weighted by Crippen LogP contribution is -2.48. The van der Waals surface area contributed by atoms with Gasteiger partial charge in [-0.2, -0.15) is 17.5 Å². The van der Waals surface area contributed by atoms with Crippen LogP contribution in [0.1, 0.15) is 11.1 Å². The van der Waals surface area contributed by atoms with Gasteiger partial charge in [-0.1, -0.05) is 36.4 Å². The Morgan fingerprint density at radius 3 is 2.15 bits per heavy atom. The van der Waals surface area contributed by atoms with E-state index < -0.39 is 21.8 Å². The van der Waals surface area contributed by atoms with Crippen molar-refractivity contribution in [2.45, 2.75) is 17.6 Å². The second-order valence-corrected chi connectivity index (χ2v) is 8.13. The topological polar surface area (TPSA) is 40.6 Å². The quantitative estimate of drug-likeness (QED) is 0.813. The van der Waals surface area contributed by atoms with Gasteiger partial charge in [-0.15, -0.1) is 0 Å². The number of sulfonamides is 1. The molecule has 1 fully saturated rings. The average molecular weight is 384 g/mol. The second-order valence-electron chi connectivity index (χ2n) is 6.19. The van der Waals surface area contributed by atoms with E-state index in [0.717, 1.165) is 24.2 Å². The van der Waals surface area contributed by atoms with E-state index in [1.54, 1.807) is 0 Å². The van der Waals surface area contributed by atoms with Gasteiger partial charge in [-0.05, 0) is 23.8 Å². The molecule has 26 heavy (non-hydrogen) atoms. The van der Waals surface area contributed by atoms with Crippen molar-refractivity contribution in [3.8, 4) is 0 Å². The molecule has 0 radical (unpaired) electrons. The number of halogens is 3. The smallest absolute Gasteiger partial charge is 0.296 e. The zero-order valence-electron chi connectivity index (χ0n) is 14.0. The molecule has 0 amide bonds. The first-order valence-electron chi connectivity index (χ1n) is 8.20. The van der Waals surface area contributed by atoms with Gasteiger partial charge in [-0.25, -0.2) is 8.42 Å². The number of alkyl halides is 3. The molecule has 2 aromatic rings. The van der Waals surface area contributed by atoms with Crippen molar-refractivity contribution >= 4 is 10.0 Å². The predicted molar refractivity (Wildman–Crippen MR) is 91.9 cm³/mol. The van der Waals surface area contributed by atoms with Crippen LogP contribution < -0.4 is 0 Å². The molecule has 8 heteroatoms. The van der Waals surface area contributed by atoms with Crippen molar-refractivity contribution in [2.24, 2.45) is 0 Å². The number of rotatable bonds is 4. The van der Waals surface area contributed by atoms with Crippen LogP contribution in [0, 0.1) is 0 Å². The number of piperazine rings is 1. The van der Waals surface area contributed by atoms with Crippen LogP contribution in [0.5, 0.6) is 0 Å². The standard InChI is InChI=1S/C18H19F3N2O2S/c19-18(20,21)16-7-4-8-17(13-16)26(24,25)23-11-9-22(10-12-23)14-15-5-2-1-3-6-15/h1-8,13H,9-12,14H2. The van der Waals surface area contributed by atoms with Crippen molar-refractivity contribution < 1.29 is 21.6 Å². The maximum absolute atomic E-state index is 12.8. The van der Waals surface area contributed by atoms with Crippen molar-refractivity contribution in [3.63, 3.8) is 0 Å². The van der Waals surface area contributed by atoms with E-state index in [1.807, 2.05) is 30.3 Å². The lowest BCUT2D eigenvalue weighted by atomic mass is 10.2. The molecule has 0 bridgehead atoms. The minimum Gasteiger partial charge on any atom is -0.296 e. The third kappa shape index (κ3) is 4.25. The molecule has 0 aliphatic carbocycles. The summed E-state index contributed by atoms with van der Waals surface area (Å²) in [6.07, 6.45) is -4.57. The third-order valence-electron chi connectivity index (χ3n) is 4.38. The Balaban J connectivity index is 1.68. The first-order valence-corrected chi connectivity index (χ1v) is 9.64. The number of nitrogens with zero attached hydrogens (tertiary/aromatic N) is 2. The molecule has 1 aliphatic rings. The summed E-state index contributed by atoms with van der Waals surface area (Å²) in [5, 5.41) is 0. The Morgan fingerprint density at radius 2 is 1.54 bits per heavy atom. The van der Waals surface area contributed by atoms with Crippen LogP contribution in [0.2, 0.25) is 0 Å². The largest absolute Gasteiger partial charge is 0.416 e. The molecule has 0 N–H and O–H groups in total. The summed E-state index contributed by atoms with van der Waals surface area (Å²) in [6.45, 7) is 2.30. The van der Waals surface area contributed by atoms with E-state index in [0.29, 0.717) is 19.2 Å². The van der Waals surface area contributed by atoms with Crippen LogP contribution in [-0.4, -0.2) is 43.8 Å². The van der Waals surface area contributed by atoms with Gasteiger partial charge in [-0.3, -0.25) is 4.90 Å². The SMILES string of the molecule is O=S(=O)(c1cccc(C(F)(F)F)c1)N1CCN(Cc2ccccc2)CC1. The van der Waals surface area contributed by atoms with Crippen LogP contribution in [0.25, 0.3) is 0 Å². The van der Waals surface area contributed by atoms with Crippen LogP contribution in [0.4, 0.5) is 13.2 Å². The Kier molecular flexibility index (Phi) is 5.36. The lowest BCUT2D eigenvalue weighted by molar-refractivity contribution is -0.137. The molecule has 140 valence electrons. The van der Waals surface area contributed by atoms with Gasteiger partial charge in [0.05, 0.1) is 10.5 Å². The molecule has 2 aromatic carbocycles. The molecule has 4 nitrogen and oxygen atoms in total. The third-order valence-corrected chi connectivity index (χ3v) is 6.27. The normalized spacial score (nSPS) is 17.3. The van der Waals surface area contributed by atoms with E-state index in [4.69, 9.17) is 0 Å². The molecule has 1 heterocycles. The minimum absolute atomic E-state index is 0.255. The zero-order valence-corrected chi connectivity index (χ0v) is 14.8. The molecule has 0 unspecified atom stereocenters. The van der Waals surface area contributed by atoms with Gasteiger partial charge in [0.25, 0.3) is 0 Å². The molecule has 0 spiro atoms. The fraction of sp³-hybridized carbons (Fsp3) is 0.333. The highest BCUT2D eigenvalue weighted by Crippen LogP contribution is 2.31. The highest BCUT2D eigenvalue weighted by Gasteiger charge is 2.33. The highest BCUT2D eigenvalue weighted by molar-refractivity contribution is 7.89. The minimum atomic E-state index is -4.57. The highest BCUT2D eigenvalue weighted by atomic mass is 32.2. The molecule has 0 aromatic heterocycles. The first kappa shape index (κ1) is 18.9. The summed E-state index contributed by atoms with van der Waals surface area (Å²) >= 11 is 0. The fourth-order valence-electron chi connectivity index (χ4n) is 2.95. The molecule has 0 atom stereocenters. The first-order chi connectivity index (χ1) is 12.3. The van der Waals surface area contributed by atoms with Crippen LogP contribution in [0.15, 0.2) is 59.5 Å². The number of hydrogen-bond donors (Lipinski definition) is 0. The molecular weight excluding hydrogens is 365 g/mol. The van der Waals surface area contributed by atoms with Gasteiger partial charge in [0.1, 0.15) is 0 Å². The summed E-state index contributed by atoms with van der Waals surface area (Å²) in [4.78, 5) is 1.82. The van der Waals surface area contributed by atoms with Crippen molar-refractivity contribution in [3.05, 3.63) is 65.7 Å². The average Bonchev–Trinajstić information content (AvgIpc) is 2.62. The van der Waals surface area contributed by atoms with Crippen molar-refractivity contribution in [1.82, 2.24) is 9.21 Å². The Morgan fingerprint density at radius 1 is 0.885 bits per heavy atom. The number of benzene rings is 2.